The zero-order valence-corrected chi connectivity index (χ0v) is 7.77. The molecule has 72 valence electrons. The Hall–Kier alpha value is -1.84. The first-order valence-corrected chi connectivity index (χ1v) is 4.41. The highest BCUT2D eigenvalue weighted by Crippen LogP contribution is 2.20. The Kier molecular flexibility index (Phi) is 2.18. The molecule has 0 amide bonds. The molecule has 4 nitrogen and oxygen atoms in total. The van der Waals surface area contributed by atoms with E-state index in [1.165, 1.54) is 0 Å². The first-order chi connectivity index (χ1) is 6.79. The van der Waals surface area contributed by atoms with Crippen molar-refractivity contribution in [3.8, 4) is 17.2 Å². The average molecular weight is 190 g/mol. The van der Waals surface area contributed by atoms with Gasteiger partial charge in [-0.2, -0.15) is 0 Å². The van der Waals surface area contributed by atoms with Crippen molar-refractivity contribution in [3.63, 3.8) is 0 Å². The summed E-state index contributed by atoms with van der Waals surface area (Å²) in [6.45, 7) is 1.95. The van der Waals surface area contributed by atoms with E-state index in [9.17, 15) is 0 Å². The van der Waals surface area contributed by atoms with Gasteiger partial charge in [0, 0.05) is 12.0 Å². The molecule has 14 heavy (non-hydrogen) atoms. The summed E-state index contributed by atoms with van der Waals surface area (Å²) in [6.07, 6.45) is 0.727. The van der Waals surface area contributed by atoms with Crippen LogP contribution in [0.4, 0.5) is 0 Å². The van der Waals surface area contributed by atoms with Crippen molar-refractivity contribution in [2.75, 3.05) is 0 Å². The summed E-state index contributed by atoms with van der Waals surface area (Å²) < 4.78 is 5.35. The maximum atomic E-state index is 9.09. The molecule has 0 aliphatic heterocycles. The Labute approximate surface area is 81.2 Å². The Balaban J connectivity index is 2.34. The van der Waals surface area contributed by atoms with Gasteiger partial charge >= 0.3 is 0 Å². The first kappa shape index (κ1) is 8.74. The fraction of sp³-hybridized carbons (Fsp3) is 0.200. The fourth-order valence-electron chi connectivity index (χ4n) is 1.12. The topological polar surface area (TPSA) is 59.2 Å². The highest BCUT2D eigenvalue weighted by Gasteiger charge is 2.06. The lowest BCUT2D eigenvalue weighted by molar-refractivity contribution is 0.475. The minimum Gasteiger partial charge on any atom is -0.508 e. The van der Waals surface area contributed by atoms with Crippen molar-refractivity contribution < 1.29 is 9.52 Å². The number of aromatic nitrogens is 2. The van der Waals surface area contributed by atoms with Crippen molar-refractivity contribution in [3.05, 3.63) is 30.2 Å². The van der Waals surface area contributed by atoms with Gasteiger partial charge in [0.1, 0.15) is 5.75 Å². The lowest BCUT2D eigenvalue weighted by Gasteiger charge is -1.94. The van der Waals surface area contributed by atoms with Gasteiger partial charge in [0.15, 0.2) is 0 Å². The lowest BCUT2D eigenvalue weighted by Crippen LogP contribution is -1.77. The summed E-state index contributed by atoms with van der Waals surface area (Å²) in [5.74, 6) is 1.33. The van der Waals surface area contributed by atoms with E-state index < -0.39 is 0 Å². The molecular formula is C10H10N2O2. The first-order valence-electron chi connectivity index (χ1n) is 4.41. The minimum atomic E-state index is 0.226. The van der Waals surface area contributed by atoms with E-state index in [1.807, 2.05) is 6.92 Å². The van der Waals surface area contributed by atoms with Crippen molar-refractivity contribution in [1.82, 2.24) is 10.2 Å². The molecule has 0 aliphatic rings. The largest absolute Gasteiger partial charge is 0.508 e. The van der Waals surface area contributed by atoms with E-state index in [4.69, 9.17) is 9.52 Å². The van der Waals surface area contributed by atoms with Crippen LogP contribution >= 0.6 is 0 Å². The molecule has 2 rings (SSSR count). The summed E-state index contributed by atoms with van der Waals surface area (Å²) in [5.41, 5.74) is 0.815. The van der Waals surface area contributed by atoms with Crippen LogP contribution in [0.2, 0.25) is 0 Å². The molecule has 0 bridgehead atoms. The second-order valence-electron chi connectivity index (χ2n) is 2.90. The van der Waals surface area contributed by atoms with E-state index in [2.05, 4.69) is 10.2 Å². The number of hydrogen-bond donors (Lipinski definition) is 1. The third-order valence-corrected chi connectivity index (χ3v) is 1.88. The van der Waals surface area contributed by atoms with Gasteiger partial charge in [0.05, 0.1) is 0 Å². The molecule has 4 heteroatoms. The summed E-state index contributed by atoms with van der Waals surface area (Å²) in [6, 6.07) is 6.65. The number of hydrogen-bond acceptors (Lipinski definition) is 4. The van der Waals surface area contributed by atoms with E-state index in [1.54, 1.807) is 24.3 Å². The van der Waals surface area contributed by atoms with E-state index in [-0.39, 0.29) is 5.75 Å². The highest BCUT2D eigenvalue weighted by molar-refractivity contribution is 5.53. The Morgan fingerprint density at radius 3 is 2.50 bits per heavy atom. The molecule has 0 atom stereocenters. The van der Waals surface area contributed by atoms with E-state index >= 15 is 0 Å². The van der Waals surface area contributed by atoms with Crippen LogP contribution < -0.4 is 0 Å². The number of aryl methyl sites for hydroxylation is 1. The van der Waals surface area contributed by atoms with E-state index in [0.29, 0.717) is 11.8 Å². The maximum absolute atomic E-state index is 9.09. The molecule has 0 unspecified atom stereocenters. The van der Waals surface area contributed by atoms with Crippen LogP contribution in [-0.4, -0.2) is 15.3 Å². The number of benzene rings is 1. The molecule has 0 fully saturated rings. The zero-order valence-electron chi connectivity index (χ0n) is 7.77. The Morgan fingerprint density at radius 1 is 1.21 bits per heavy atom. The average Bonchev–Trinajstić information content (AvgIpc) is 2.67. The van der Waals surface area contributed by atoms with Crippen molar-refractivity contribution in [1.29, 1.82) is 0 Å². The quantitative estimate of drug-likeness (QED) is 0.786. The van der Waals surface area contributed by atoms with Gasteiger partial charge < -0.3 is 9.52 Å². The Morgan fingerprint density at radius 2 is 1.93 bits per heavy atom. The maximum Gasteiger partial charge on any atom is 0.247 e. The van der Waals surface area contributed by atoms with Gasteiger partial charge in [0.25, 0.3) is 0 Å². The molecule has 0 spiro atoms. The van der Waals surface area contributed by atoms with Gasteiger partial charge in [-0.1, -0.05) is 6.92 Å². The third-order valence-electron chi connectivity index (χ3n) is 1.88. The van der Waals surface area contributed by atoms with Gasteiger partial charge in [-0.3, -0.25) is 0 Å². The predicted molar refractivity (Wildman–Crippen MR) is 50.8 cm³/mol. The predicted octanol–water partition coefficient (Wildman–Crippen LogP) is 2.00. The zero-order chi connectivity index (χ0) is 9.97. The van der Waals surface area contributed by atoms with E-state index in [0.717, 1.165) is 12.0 Å². The number of nitrogens with zero attached hydrogens (tertiary/aromatic N) is 2. The van der Waals surface area contributed by atoms with Crippen LogP contribution in [0.5, 0.6) is 5.75 Å². The number of phenolic OH excluding ortho intramolecular Hbond substituents is 1. The molecule has 0 saturated heterocycles. The molecule has 1 N–H and O–H groups in total. The van der Waals surface area contributed by atoms with Crippen molar-refractivity contribution >= 4 is 0 Å². The standard InChI is InChI=1S/C10H10N2O2/c1-2-9-11-12-10(14-9)7-3-5-8(13)6-4-7/h3-6,13H,2H2,1H3. The van der Waals surface area contributed by atoms with Gasteiger partial charge in [-0.05, 0) is 24.3 Å². The fourth-order valence-corrected chi connectivity index (χ4v) is 1.12. The van der Waals surface area contributed by atoms with Crippen LogP contribution in [0.1, 0.15) is 12.8 Å². The second-order valence-corrected chi connectivity index (χ2v) is 2.90. The van der Waals surface area contributed by atoms with Crippen LogP contribution in [-0.2, 0) is 6.42 Å². The van der Waals surface area contributed by atoms with Gasteiger partial charge in [0.2, 0.25) is 11.8 Å². The number of phenols is 1. The van der Waals surface area contributed by atoms with Crippen molar-refractivity contribution in [2.24, 2.45) is 0 Å². The molecule has 2 aromatic rings. The molecule has 1 aromatic heterocycles. The molecular weight excluding hydrogens is 180 g/mol. The number of rotatable bonds is 2. The molecule has 1 heterocycles. The van der Waals surface area contributed by atoms with Crippen LogP contribution in [0.3, 0.4) is 0 Å². The second kappa shape index (κ2) is 3.49. The summed E-state index contributed by atoms with van der Waals surface area (Å²) in [7, 11) is 0. The summed E-state index contributed by atoms with van der Waals surface area (Å²) in [4.78, 5) is 0. The SMILES string of the molecule is CCc1nnc(-c2ccc(O)cc2)o1. The minimum absolute atomic E-state index is 0.226. The Bertz CT molecular complexity index is 420. The molecule has 1 aromatic carbocycles. The van der Waals surface area contributed by atoms with Gasteiger partial charge in [-0.15, -0.1) is 10.2 Å². The molecule has 0 saturated carbocycles. The van der Waals surface area contributed by atoms with Crippen molar-refractivity contribution in [2.45, 2.75) is 13.3 Å². The number of aromatic hydroxyl groups is 1. The molecule has 0 radical (unpaired) electrons. The van der Waals surface area contributed by atoms with Crippen LogP contribution in [0.25, 0.3) is 11.5 Å². The third kappa shape index (κ3) is 1.59. The van der Waals surface area contributed by atoms with Gasteiger partial charge in [-0.25, -0.2) is 0 Å². The lowest BCUT2D eigenvalue weighted by atomic mass is 10.2. The summed E-state index contributed by atoms with van der Waals surface area (Å²) >= 11 is 0. The normalized spacial score (nSPS) is 10.4. The molecule has 0 aliphatic carbocycles. The summed E-state index contributed by atoms with van der Waals surface area (Å²) in [5, 5.41) is 16.8. The monoisotopic (exact) mass is 190 g/mol. The van der Waals surface area contributed by atoms with Crippen LogP contribution in [0, 0.1) is 0 Å². The van der Waals surface area contributed by atoms with Crippen LogP contribution in [0.15, 0.2) is 28.7 Å². The highest BCUT2D eigenvalue weighted by atomic mass is 16.4. The smallest absolute Gasteiger partial charge is 0.247 e.